The van der Waals surface area contributed by atoms with E-state index in [0.29, 0.717) is 0 Å². The molecule has 3 aromatic rings. The van der Waals surface area contributed by atoms with Gasteiger partial charge in [-0.1, -0.05) is 18.2 Å². The number of primary amides is 1. The molecule has 0 saturated heterocycles. The van der Waals surface area contributed by atoms with Gasteiger partial charge in [-0.2, -0.15) is 10.2 Å². The van der Waals surface area contributed by atoms with Gasteiger partial charge in [-0.05, 0) is 12.1 Å². The highest BCUT2D eigenvalue weighted by molar-refractivity contribution is 6.00. The molecule has 4 N–H and O–H groups in total. The van der Waals surface area contributed by atoms with Gasteiger partial charge in [0.15, 0.2) is 0 Å². The van der Waals surface area contributed by atoms with Crippen LogP contribution in [-0.4, -0.2) is 27.4 Å². The number of nitrogens with two attached hydrogens (primary N) is 1. The number of hydrogen-bond donors (Lipinski definition) is 3. The summed E-state index contributed by atoms with van der Waals surface area (Å²) in [5.41, 5.74) is 10.5. The number of H-pyrrole nitrogens is 1. The van der Waals surface area contributed by atoms with E-state index in [-0.39, 0.29) is 0 Å². The number of carbonyl (C=O) groups excluding carboxylic acids is 1. The van der Waals surface area contributed by atoms with Crippen LogP contribution in [0.15, 0.2) is 47.8 Å². The minimum absolute atomic E-state index is 0.709. The Labute approximate surface area is 119 Å². The Balaban J connectivity index is 2.11. The molecule has 0 unspecified atom stereocenters. The molecule has 1 aromatic carbocycles. The molecule has 7 heteroatoms. The van der Waals surface area contributed by atoms with Crippen molar-refractivity contribution < 1.29 is 4.79 Å². The molecule has 0 spiro atoms. The summed E-state index contributed by atoms with van der Waals surface area (Å²) in [7, 11) is 0. The fraction of sp³-hybridized carbons (Fsp3) is 0. The quantitative estimate of drug-likeness (QED) is 0.501. The predicted octanol–water partition coefficient (Wildman–Crippen LogP) is 1.63. The maximum absolute atomic E-state index is 10.7. The third-order valence-electron chi connectivity index (χ3n) is 2.92. The number of para-hydroxylation sites is 1. The van der Waals surface area contributed by atoms with Gasteiger partial charge in [0.1, 0.15) is 0 Å². The van der Waals surface area contributed by atoms with E-state index in [1.807, 2.05) is 30.3 Å². The zero-order valence-corrected chi connectivity index (χ0v) is 10.9. The number of fused-ring (bicyclic) bond motifs is 1. The number of nitrogens with zero attached hydrogens (tertiary/aromatic N) is 3. The first-order chi connectivity index (χ1) is 10.2. The lowest BCUT2D eigenvalue weighted by Crippen LogP contribution is -2.24. The minimum atomic E-state index is -0.709. The van der Waals surface area contributed by atoms with Crippen LogP contribution in [0.4, 0.5) is 4.79 Å². The van der Waals surface area contributed by atoms with Crippen molar-refractivity contribution in [1.29, 1.82) is 0 Å². The zero-order chi connectivity index (χ0) is 14.7. The smallest absolute Gasteiger partial charge is 0.332 e. The molecular weight excluding hydrogens is 268 g/mol. The molecule has 3 rings (SSSR count). The molecule has 0 atom stereocenters. The fourth-order valence-electron chi connectivity index (χ4n) is 2.01. The van der Waals surface area contributed by atoms with Crippen LogP contribution in [0, 0.1) is 0 Å². The fourth-order valence-corrected chi connectivity index (χ4v) is 2.01. The number of amides is 2. The highest BCUT2D eigenvalue weighted by Crippen LogP contribution is 2.23. The molecule has 0 saturated carbocycles. The highest BCUT2D eigenvalue weighted by atomic mass is 16.2. The van der Waals surface area contributed by atoms with Crippen molar-refractivity contribution in [3.63, 3.8) is 0 Å². The first kappa shape index (κ1) is 12.8. The normalized spacial score (nSPS) is 11.0. The molecule has 104 valence electrons. The number of hydrazone groups is 1. The summed E-state index contributed by atoms with van der Waals surface area (Å²) >= 11 is 0. The van der Waals surface area contributed by atoms with Crippen molar-refractivity contribution in [2.75, 3.05) is 0 Å². The van der Waals surface area contributed by atoms with Gasteiger partial charge >= 0.3 is 6.03 Å². The summed E-state index contributed by atoms with van der Waals surface area (Å²) in [6.45, 7) is 0. The van der Waals surface area contributed by atoms with Crippen LogP contribution < -0.4 is 11.2 Å². The second kappa shape index (κ2) is 5.41. The van der Waals surface area contributed by atoms with E-state index < -0.39 is 6.03 Å². The number of aromatic nitrogens is 3. The number of benzene rings is 1. The second-order valence-electron chi connectivity index (χ2n) is 4.34. The summed E-state index contributed by atoms with van der Waals surface area (Å²) < 4.78 is 0. The summed E-state index contributed by atoms with van der Waals surface area (Å²) in [6, 6.07) is 8.85. The third-order valence-corrected chi connectivity index (χ3v) is 2.92. The van der Waals surface area contributed by atoms with E-state index in [9.17, 15) is 4.79 Å². The van der Waals surface area contributed by atoms with Crippen molar-refractivity contribution >= 4 is 23.1 Å². The van der Waals surface area contributed by atoms with E-state index in [4.69, 9.17) is 5.73 Å². The number of carbonyl (C=O) groups is 1. The number of nitrogens with one attached hydrogen (secondary N) is 2. The molecule has 0 aliphatic heterocycles. The van der Waals surface area contributed by atoms with E-state index in [2.05, 4.69) is 25.7 Å². The van der Waals surface area contributed by atoms with Crippen LogP contribution in [-0.2, 0) is 0 Å². The number of hydrogen-bond acceptors (Lipinski definition) is 4. The Morgan fingerprint density at radius 1 is 1.38 bits per heavy atom. The summed E-state index contributed by atoms with van der Waals surface area (Å²) in [5.74, 6) is 0. The number of aromatic amines is 1. The minimum Gasteiger partial charge on any atom is -0.350 e. The average Bonchev–Trinajstić information content (AvgIpc) is 3.01. The van der Waals surface area contributed by atoms with Crippen LogP contribution in [0.25, 0.3) is 22.2 Å². The average molecular weight is 280 g/mol. The van der Waals surface area contributed by atoms with E-state index in [1.165, 1.54) is 0 Å². The molecule has 2 amide bonds. The maximum atomic E-state index is 10.7. The van der Waals surface area contributed by atoms with Gasteiger partial charge in [0.2, 0.25) is 0 Å². The standard InChI is InChI=1S/C14H12N6O/c15-14(21)20-18-6-9-5-13(10-7-16-17-8-10)19-12-4-2-1-3-11(9)12/h1-8H,(H,16,17)(H3,15,20,21). The van der Waals surface area contributed by atoms with E-state index in [0.717, 1.165) is 27.7 Å². The highest BCUT2D eigenvalue weighted by Gasteiger charge is 2.07. The van der Waals surface area contributed by atoms with Gasteiger partial charge in [-0.3, -0.25) is 5.10 Å². The van der Waals surface area contributed by atoms with Crippen LogP contribution in [0.5, 0.6) is 0 Å². The van der Waals surface area contributed by atoms with Crippen molar-refractivity contribution in [1.82, 2.24) is 20.6 Å². The molecule has 7 nitrogen and oxygen atoms in total. The van der Waals surface area contributed by atoms with Crippen molar-refractivity contribution in [3.8, 4) is 11.3 Å². The van der Waals surface area contributed by atoms with Crippen LogP contribution in [0.2, 0.25) is 0 Å². The summed E-state index contributed by atoms with van der Waals surface area (Å²) in [5, 5.41) is 11.4. The summed E-state index contributed by atoms with van der Waals surface area (Å²) in [6.07, 6.45) is 5.00. The second-order valence-corrected chi connectivity index (χ2v) is 4.34. The molecule has 0 fully saturated rings. The Bertz CT molecular complexity index is 809. The Hall–Kier alpha value is -3.22. The lowest BCUT2D eigenvalue weighted by Gasteiger charge is -2.05. The van der Waals surface area contributed by atoms with Gasteiger partial charge < -0.3 is 5.73 Å². The van der Waals surface area contributed by atoms with Gasteiger partial charge in [0.05, 0.1) is 23.6 Å². The topological polar surface area (TPSA) is 109 Å². The van der Waals surface area contributed by atoms with Gasteiger partial charge in [0, 0.05) is 22.7 Å². The lowest BCUT2D eigenvalue weighted by atomic mass is 10.1. The van der Waals surface area contributed by atoms with E-state index >= 15 is 0 Å². The van der Waals surface area contributed by atoms with Gasteiger partial charge in [0.25, 0.3) is 0 Å². The number of urea groups is 1. The number of pyridine rings is 1. The molecule has 2 aromatic heterocycles. The first-order valence-electron chi connectivity index (χ1n) is 6.21. The van der Waals surface area contributed by atoms with Crippen LogP contribution in [0.3, 0.4) is 0 Å². The molecule has 0 bridgehead atoms. The molecule has 21 heavy (non-hydrogen) atoms. The Morgan fingerprint density at radius 2 is 2.24 bits per heavy atom. The lowest BCUT2D eigenvalue weighted by molar-refractivity contribution is 0.249. The molecule has 0 radical (unpaired) electrons. The molecule has 2 heterocycles. The molecule has 0 aliphatic rings. The third kappa shape index (κ3) is 2.71. The Morgan fingerprint density at radius 3 is 3.00 bits per heavy atom. The largest absolute Gasteiger partial charge is 0.350 e. The van der Waals surface area contributed by atoms with Crippen molar-refractivity contribution in [2.24, 2.45) is 10.8 Å². The van der Waals surface area contributed by atoms with Crippen molar-refractivity contribution in [2.45, 2.75) is 0 Å². The van der Waals surface area contributed by atoms with Crippen LogP contribution >= 0.6 is 0 Å². The number of rotatable bonds is 3. The first-order valence-corrected chi connectivity index (χ1v) is 6.21. The van der Waals surface area contributed by atoms with E-state index in [1.54, 1.807) is 18.6 Å². The van der Waals surface area contributed by atoms with Crippen molar-refractivity contribution in [3.05, 3.63) is 48.3 Å². The summed E-state index contributed by atoms with van der Waals surface area (Å²) in [4.78, 5) is 15.3. The predicted molar refractivity (Wildman–Crippen MR) is 79.6 cm³/mol. The maximum Gasteiger partial charge on any atom is 0.332 e. The zero-order valence-electron chi connectivity index (χ0n) is 10.9. The monoisotopic (exact) mass is 280 g/mol. The molecule has 0 aliphatic carbocycles. The van der Waals surface area contributed by atoms with Gasteiger partial charge in [-0.15, -0.1) is 0 Å². The van der Waals surface area contributed by atoms with Crippen LogP contribution in [0.1, 0.15) is 5.56 Å². The Kier molecular flexibility index (Phi) is 3.30. The SMILES string of the molecule is NC(=O)NN=Cc1cc(-c2cn[nH]c2)nc2ccccc12. The van der Waals surface area contributed by atoms with Gasteiger partial charge in [-0.25, -0.2) is 15.2 Å². The molecular formula is C14H12N6O.